The van der Waals surface area contributed by atoms with Gasteiger partial charge in [0.1, 0.15) is 0 Å². The Hall–Kier alpha value is -3.06. The Labute approximate surface area is 219 Å². The number of benzene rings is 4. The van der Waals surface area contributed by atoms with Gasteiger partial charge in [-0.25, -0.2) is 0 Å². The molecule has 0 atom stereocenters. The van der Waals surface area contributed by atoms with Crippen LogP contribution in [0.25, 0.3) is 10.8 Å². The van der Waals surface area contributed by atoms with Crippen LogP contribution < -0.4 is 5.32 Å². The van der Waals surface area contributed by atoms with Crippen LogP contribution >= 0.6 is 0 Å². The molecule has 0 aliphatic rings. The van der Waals surface area contributed by atoms with Gasteiger partial charge in [-0.15, -0.1) is 0 Å². The fourth-order valence-corrected chi connectivity index (χ4v) is 4.98. The Morgan fingerprint density at radius 1 is 0.444 bits per heavy atom. The van der Waals surface area contributed by atoms with Gasteiger partial charge in [0.05, 0.1) is 0 Å². The van der Waals surface area contributed by atoms with Crippen LogP contribution in [0.15, 0.2) is 84.9 Å². The number of anilines is 2. The molecule has 0 saturated heterocycles. The van der Waals surface area contributed by atoms with Crippen molar-refractivity contribution in [2.45, 2.75) is 84.5 Å². The van der Waals surface area contributed by atoms with Crippen molar-refractivity contribution in [3.05, 3.63) is 107 Å². The summed E-state index contributed by atoms with van der Waals surface area (Å²) in [5, 5.41) is 6.16. The Morgan fingerprint density at radius 3 is 1.58 bits per heavy atom. The molecule has 0 bridgehead atoms. The smallest absolute Gasteiger partial charge is 0.0390 e. The van der Waals surface area contributed by atoms with Crippen LogP contribution in [-0.2, 0) is 19.3 Å². The maximum absolute atomic E-state index is 3.58. The first-order chi connectivity index (χ1) is 17.7. The summed E-state index contributed by atoms with van der Waals surface area (Å²) in [6.45, 7) is 4.54. The molecule has 4 aromatic carbocycles. The SMILES string of the molecule is CCCCCCc1ccc(Cc2ccc3cc(Nc4ccc(CCCCCC)cc4)ccc3c2)cc1. The van der Waals surface area contributed by atoms with Crippen LogP contribution in [0.4, 0.5) is 11.4 Å². The molecule has 1 heteroatoms. The van der Waals surface area contributed by atoms with Crippen molar-refractivity contribution in [2.24, 2.45) is 0 Å². The van der Waals surface area contributed by atoms with Gasteiger partial charge in [0.25, 0.3) is 0 Å². The highest BCUT2D eigenvalue weighted by Gasteiger charge is 2.03. The summed E-state index contributed by atoms with van der Waals surface area (Å²) in [5.74, 6) is 0. The van der Waals surface area contributed by atoms with E-state index in [2.05, 4.69) is 104 Å². The van der Waals surface area contributed by atoms with E-state index in [1.165, 1.54) is 97.2 Å². The van der Waals surface area contributed by atoms with Gasteiger partial charge in [-0.2, -0.15) is 0 Å². The molecule has 1 nitrogen and oxygen atoms in total. The van der Waals surface area contributed by atoms with Crippen molar-refractivity contribution in [3.8, 4) is 0 Å². The first kappa shape index (κ1) is 26.0. The van der Waals surface area contributed by atoms with E-state index in [1.807, 2.05) is 0 Å². The molecular weight excluding hydrogens is 434 g/mol. The summed E-state index contributed by atoms with van der Waals surface area (Å²) in [7, 11) is 0. The Balaban J connectivity index is 1.32. The predicted octanol–water partition coefficient (Wildman–Crippen LogP) is 10.4. The molecule has 0 aliphatic heterocycles. The lowest BCUT2D eigenvalue weighted by molar-refractivity contribution is 0.667. The number of nitrogens with one attached hydrogen (secondary N) is 1. The first-order valence-corrected chi connectivity index (χ1v) is 14.2. The molecule has 0 radical (unpaired) electrons. The lowest BCUT2D eigenvalue weighted by Crippen LogP contribution is -1.93. The van der Waals surface area contributed by atoms with Gasteiger partial charge in [-0.1, -0.05) is 113 Å². The van der Waals surface area contributed by atoms with Gasteiger partial charge >= 0.3 is 0 Å². The molecule has 0 aromatic heterocycles. The number of fused-ring (bicyclic) bond motifs is 1. The monoisotopic (exact) mass is 477 g/mol. The number of aryl methyl sites for hydroxylation is 2. The first-order valence-electron chi connectivity index (χ1n) is 14.2. The van der Waals surface area contributed by atoms with E-state index in [0.29, 0.717) is 0 Å². The summed E-state index contributed by atoms with van der Waals surface area (Å²) in [4.78, 5) is 0. The van der Waals surface area contributed by atoms with Crippen molar-refractivity contribution in [1.29, 1.82) is 0 Å². The van der Waals surface area contributed by atoms with Gasteiger partial charge in [0.15, 0.2) is 0 Å². The molecule has 0 heterocycles. The van der Waals surface area contributed by atoms with E-state index in [1.54, 1.807) is 0 Å². The van der Waals surface area contributed by atoms with Crippen LogP contribution in [0.1, 0.15) is 87.5 Å². The summed E-state index contributed by atoms with van der Waals surface area (Å²) in [6, 6.07) is 31.8. The highest BCUT2D eigenvalue weighted by Crippen LogP contribution is 2.25. The number of hydrogen-bond donors (Lipinski definition) is 1. The summed E-state index contributed by atoms with van der Waals surface area (Å²) >= 11 is 0. The van der Waals surface area contributed by atoms with Crippen LogP contribution in [0.5, 0.6) is 0 Å². The highest BCUT2D eigenvalue weighted by atomic mass is 14.9. The molecule has 0 saturated carbocycles. The Kier molecular flexibility index (Phi) is 10.0. The second-order valence-electron chi connectivity index (χ2n) is 10.3. The van der Waals surface area contributed by atoms with Crippen molar-refractivity contribution in [1.82, 2.24) is 0 Å². The van der Waals surface area contributed by atoms with Crippen molar-refractivity contribution in [3.63, 3.8) is 0 Å². The molecule has 0 amide bonds. The highest BCUT2D eigenvalue weighted by molar-refractivity contribution is 5.87. The van der Waals surface area contributed by atoms with Gasteiger partial charge in [-0.05, 0) is 89.4 Å². The molecule has 4 aromatic rings. The molecule has 1 N–H and O–H groups in total. The van der Waals surface area contributed by atoms with Crippen LogP contribution in [0.2, 0.25) is 0 Å². The fourth-order valence-electron chi connectivity index (χ4n) is 4.98. The third-order valence-corrected chi connectivity index (χ3v) is 7.22. The summed E-state index contributed by atoms with van der Waals surface area (Å²) in [6.07, 6.45) is 13.9. The van der Waals surface area contributed by atoms with E-state index < -0.39 is 0 Å². The zero-order valence-corrected chi connectivity index (χ0v) is 22.4. The summed E-state index contributed by atoms with van der Waals surface area (Å²) < 4.78 is 0. The molecule has 0 spiro atoms. The van der Waals surface area contributed by atoms with Gasteiger partial charge in [0, 0.05) is 11.4 Å². The molecule has 0 fully saturated rings. The standard InChI is InChI=1S/C35H43N/c1-3-5-7-9-11-28-13-15-30(16-14-28)25-31-17-20-33-27-35(24-21-32(33)26-31)36-34-22-18-29(19-23-34)12-10-8-6-4-2/h13-24,26-27,36H,3-12,25H2,1-2H3. The fraction of sp³-hybridized carbons (Fsp3) is 0.371. The van der Waals surface area contributed by atoms with E-state index >= 15 is 0 Å². The molecule has 188 valence electrons. The Morgan fingerprint density at radius 2 is 0.944 bits per heavy atom. The van der Waals surface area contributed by atoms with Crippen molar-refractivity contribution in [2.75, 3.05) is 5.32 Å². The van der Waals surface area contributed by atoms with E-state index in [0.717, 1.165) is 17.8 Å². The maximum atomic E-state index is 3.58. The number of hydrogen-bond acceptors (Lipinski definition) is 1. The molecule has 4 rings (SSSR count). The minimum absolute atomic E-state index is 0.983. The molecule has 0 aliphatic carbocycles. The minimum Gasteiger partial charge on any atom is -0.356 e. The zero-order chi connectivity index (χ0) is 25.0. The van der Waals surface area contributed by atoms with Gasteiger partial charge in [0.2, 0.25) is 0 Å². The third-order valence-electron chi connectivity index (χ3n) is 7.22. The van der Waals surface area contributed by atoms with Crippen LogP contribution in [0.3, 0.4) is 0 Å². The van der Waals surface area contributed by atoms with Crippen molar-refractivity contribution < 1.29 is 0 Å². The molecule has 0 unspecified atom stereocenters. The number of rotatable bonds is 14. The van der Waals surface area contributed by atoms with E-state index in [4.69, 9.17) is 0 Å². The van der Waals surface area contributed by atoms with Crippen LogP contribution in [-0.4, -0.2) is 0 Å². The average Bonchev–Trinajstić information content (AvgIpc) is 2.91. The predicted molar refractivity (Wildman–Crippen MR) is 159 cm³/mol. The molecular formula is C35H43N. The second kappa shape index (κ2) is 13.9. The van der Waals surface area contributed by atoms with Gasteiger partial charge < -0.3 is 5.32 Å². The second-order valence-corrected chi connectivity index (χ2v) is 10.3. The third kappa shape index (κ3) is 7.98. The zero-order valence-electron chi connectivity index (χ0n) is 22.4. The quantitative estimate of drug-likeness (QED) is 0.178. The van der Waals surface area contributed by atoms with Crippen molar-refractivity contribution >= 4 is 22.1 Å². The Bertz CT molecular complexity index is 1090. The maximum Gasteiger partial charge on any atom is 0.0390 e. The average molecular weight is 478 g/mol. The van der Waals surface area contributed by atoms with E-state index in [9.17, 15) is 0 Å². The van der Waals surface area contributed by atoms with Crippen LogP contribution in [0, 0.1) is 0 Å². The van der Waals surface area contributed by atoms with Gasteiger partial charge in [-0.3, -0.25) is 0 Å². The minimum atomic E-state index is 0.983. The summed E-state index contributed by atoms with van der Waals surface area (Å²) in [5.41, 5.74) is 7.95. The largest absolute Gasteiger partial charge is 0.356 e. The normalized spacial score (nSPS) is 11.2. The van der Waals surface area contributed by atoms with E-state index in [-0.39, 0.29) is 0 Å². The topological polar surface area (TPSA) is 12.0 Å². The molecule has 36 heavy (non-hydrogen) atoms. The lowest BCUT2D eigenvalue weighted by Gasteiger charge is -2.10. The lowest BCUT2D eigenvalue weighted by atomic mass is 9.99. The number of unbranched alkanes of at least 4 members (excludes halogenated alkanes) is 6.